The Kier molecular flexibility index (Phi) is 7.96. The third kappa shape index (κ3) is 6.30. The SMILES string of the molecule is CCOC(=O)c1ccccc1OCc1cc(/C=N/Nc2ccc([N+](=O)[O-])cc2)ccc1OC. The highest BCUT2D eigenvalue weighted by molar-refractivity contribution is 5.92. The summed E-state index contributed by atoms with van der Waals surface area (Å²) in [5.74, 6) is 0.597. The zero-order valence-corrected chi connectivity index (χ0v) is 18.2. The number of para-hydroxylation sites is 1. The van der Waals surface area contributed by atoms with Crippen LogP contribution in [0.25, 0.3) is 0 Å². The number of nitrogens with zero attached hydrogens (tertiary/aromatic N) is 2. The number of carbonyl (C=O) groups excluding carboxylic acids is 1. The average molecular weight is 449 g/mol. The van der Waals surface area contributed by atoms with Crippen LogP contribution in [0, 0.1) is 10.1 Å². The van der Waals surface area contributed by atoms with Gasteiger partial charge in [-0.1, -0.05) is 12.1 Å². The minimum Gasteiger partial charge on any atom is -0.496 e. The lowest BCUT2D eigenvalue weighted by molar-refractivity contribution is -0.384. The number of rotatable bonds is 10. The number of nitro groups is 1. The summed E-state index contributed by atoms with van der Waals surface area (Å²) in [6.45, 7) is 2.18. The van der Waals surface area contributed by atoms with Crippen LogP contribution in [-0.4, -0.2) is 30.8 Å². The van der Waals surface area contributed by atoms with Crippen LogP contribution in [0.4, 0.5) is 11.4 Å². The molecule has 0 aromatic heterocycles. The lowest BCUT2D eigenvalue weighted by Gasteiger charge is -2.13. The third-order valence-corrected chi connectivity index (χ3v) is 4.56. The van der Waals surface area contributed by atoms with E-state index in [9.17, 15) is 14.9 Å². The maximum absolute atomic E-state index is 12.2. The number of ether oxygens (including phenoxy) is 3. The highest BCUT2D eigenvalue weighted by Gasteiger charge is 2.14. The van der Waals surface area contributed by atoms with Crippen molar-refractivity contribution in [2.24, 2.45) is 5.10 Å². The number of non-ortho nitro benzene ring substituents is 1. The van der Waals surface area contributed by atoms with E-state index >= 15 is 0 Å². The monoisotopic (exact) mass is 449 g/mol. The fourth-order valence-electron chi connectivity index (χ4n) is 2.96. The Balaban J connectivity index is 1.70. The smallest absolute Gasteiger partial charge is 0.341 e. The van der Waals surface area contributed by atoms with Crippen LogP contribution in [0.3, 0.4) is 0 Å². The van der Waals surface area contributed by atoms with E-state index in [1.54, 1.807) is 62.7 Å². The molecule has 0 aliphatic carbocycles. The molecule has 0 aliphatic heterocycles. The lowest BCUT2D eigenvalue weighted by atomic mass is 10.1. The predicted molar refractivity (Wildman–Crippen MR) is 124 cm³/mol. The van der Waals surface area contributed by atoms with Crippen molar-refractivity contribution in [3.05, 3.63) is 93.5 Å². The van der Waals surface area contributed by atoms with Crippen LogP contribution >= 0.6 is 0 Å². The molecule has 0 heterocycles. The summed E-state index contributed by atoms with van der Waals surface area (Å²) in [6, 6.07) is 18.3. The molecule has 0 saturated heterocycles. The number of methoxy groups -OCH3 is 1. The van der Waals surface area contributed by atoms with Gasteiger partial charge in [-0.25, -0.2) is 4.79 Å². The minimum atomic E-state index is -0.459. The molecular weight excluding hydrogens is 426 g/mol. The Morgan fingerprint density at radius 3 is 2.55 bits per heavy atom. The van der Waals surface area contributed by atoms with Gasteiger partial charge in [0.2, 0.25) is 0 Å². The van der Waals surface area contributed by atoms with Crippen molar-refractivity contribution in [3.8, 4) is 11.5 Å². The molecule has 0 spiro atoms. The molecule has 3 aromatic rings. The van der Waals surface area contributed by atoms with Gasteiger partial charge in [0.25, 0.3) is 5.69 Å². The first kappa shape index (κ1) is 23.3. The fraction of sp³-hybridized carbons (Fsp3) is 0.167. The number of benzene rings is 3. The number of nitrogens with one attached hydrogen (secondary N) is 1. The van der Waals surface area contributed by atoms with Gasteiger partial charge in [0.05, 0.1) is 30.5 Å². The van der Waals surface area contributed by atoms with Gasteiger partial charge in [-0.05, 0) is 55.0 Å². The van der Waals surface area contributed by atoms with Crippen molar-refractivity contribution in [2.75, 3.05) is 19.1 Å². The number of hydrazone groups is 1. The lowest BCUT2D eigenvalue weighted by Crippen LogP contribution is -2.08. The molecule has 0 fully saturated rings. The van der Waals surface area contributed by atoms with Crippen molar-refractivity contribution in [1.29, 1.82) is 0 Å². The van der Waals surface area contributed by atoms with Crippen LogP contribution in [-0.2, 0) is 11.3 Å². The highest BCUT2D eigenvalue weighted by atomic mass is 16.6. The Morgan fingerprint density at radius 1 is 1.09 bits per heavy atom. The van der Waals surface area contributed by atoms with Gasteiger partial charge in [-0.2, -0.15) is 5.10 Å². The minimum absolute atomic E-state index is 0.00820. The van der Waals surface area contributed by atoms with Crippen molar-refractivity contribution < 1.29 is 23.9 Å². The van der Waals surface area contributed by atoms with Gasteiger partial charge in [0.15, 0.2) is 0 Å². The number of hydrogen-bond acceptors (Lipinski definition) is 8. The van der Waals surface area contributed by atoms with E-state index in [2.05, 4.69) is 10.5 Å². The van der Waals surface area contributed by atoms with E-state index in [1.165, 1.54) is 12.1 Å². The van der Waals surface area contributed by atoms with E-state index in [0.717, 1.165) is 11.1 Å². The van der Waals surface area contributed by atoms with Gasteiger partial charge in [-0.15, -0.1) is 0 Å². The molecule has 0 unspecified atom stereocenters. The number of hydrogen-bond donors (Lipinski definition) is 1. The zero-order valence-electron chi connectivity index (χ0n) is 18.2. The summed E-state index contributed by atoms with van der Waals surface area (Å²) in [5.41, 5.74) is 5.34. The van der Waals surface area contributed by atoms with Gasteiger partial charge < -0.3 is 14.2 Å². The summed E-state index contributed by atoms with van der Waals surface area (Å²) in [5, 5.41) is 14.9. The first-order valence-corrected chi connectivity index (χ1v) is 10.1. The first-order valence-electron chi connectivity index (χ1n) is 10.1. The second kappa shape index (κ2) is 11.3. The van der Waals surface area contributed by atoms with Gasteiger partial charge in [0.1, 0.15) is 23.7 Å². The van der Waals surface area contributed by atoms with E-state index in [0.29, 0.717) is 22.7 Å². The Bertz CT molecular complexity index is 1150. The standard InChI is InChI=1S/C24H23N3O6/c1-3-32-24(28)21-6-4-5-7-23(21)33-16-18-14-17(8-13-22(18)31-2)15-25-26-19-9-11-20(12-10-19)27(29)30/h4-15,26H,3,16H2,1-2H3/b25-15+. The maximum Gasteiger partial charge on any atom is 0.341 e. The van der Waals surface area contributed by atoms with Crippen LogP contribution in [0.2, 0.25) is 0 Å². The molecule has 0 saturated carbocycles. The molecule has 1 N–H and O–H groups in total. The quantitative estimate of drug-likeness (QED) is 0.205. The summed E-state index contributed by atoms with van der Waals surface area (Å²) in [6.07, 6.45) is 1.61. The molecule has 3 aromatic carbocycles. The molecule has 3 rings (SSSR count). The van der Waals surface area contributed by atoms with Crippen molar-refractivity contribution in [3.63, 3.8) is 0 Å². The summed E-state index contributed by atoms with van der Waals surface area (Å²) < 4.78 is 16.4. The highest BCUT2D eigenvalue weighted by Crippen LogP contribution is 2.24. The largest absolute Gasteiger partial charge is 0.496 e. The number of carbonyl (C=O) groups is 1. The molecule has 170 valence electrons. The predicted octanol–water partition coefficient (Wildman–Crippen LogP) is 4.81. The van der Waals surface area contributed by atoms with E-state index in [-0.39, 0.29) is 18.9 Å². The molecule has 33 heavy (non-hydrogen) atoms. The first-order chi connectivity index (χ1) is 16.0. The van der Waals surface area contributed by atoms with Crippen LogP contribution in [0.5, 0.6) is 11.5 Å². The molecule has 0 aliphatic rings. The van der Waals surface area contributed by atoms with Crippen LogP contribution < -0.4 is 14.9 Å². The number of anilines is 1. The van der Waals surface area contributed by atoms with E-state index < -0.39 is 10.9 Å². The number of esters is 1. The third-order valence-electron chi connectivity index (χ3n) is 4.56. The van der Waals surface area contributed by atoms with Crippen molar-refractivity contribution >= 4 is 23.6 Å². The Hall–Kier alpha value is -4.40. The summed E-state index contributed by atoms with van der Waals surface area (Å²) in [4.78, 5) is 22.4. The van der Waals surface area contributed by atoms with Gasteiger partial charge in [0, 0.05) is 17.7 Å². The summed E-state index contributed by atoms with van der Waals surface area (Å²) >= 11 is 0. The van der Waals surface area contributed by atoms with Crippen molar-refractivity contribution in [1.82, 2.24) is 0 Å². The molecule has 0 atom stereocenters. The van der Waals surface area contributed by atoms with Gasteiger partial charge >= 0.3 is 5.97 Å². The summed E-state index contributed by atoms with van der Waals surface area (Å²) in [7, 11) is 1.56. The molecule has 0 amide bonds. The fourth-order valence-corrected chi connectivity index (χ4v) is 2.96. The second-order valence-electron chi connectivity index (χ2n) is 6.75. The molecule has 9 nitrogen and oxygen atoms in total. The normalized spacial score (nSPS) is 10.6. The average Bonchev–Trinajstić information content (AvgIpc) is 2.83. The van der Waals surface area contributed by atoms with E-state index in [4.69, 9.17) is 14.2 Å². The molecule has 0 bridgehead atoms. The van der Waals surface area contributed by atoms with Crippen molar-refractivity contribution in [2.45, 2.75) is 13.5 Å². The molecule has 9 heteroatoms. The maximum atomic E-state index is 12.2. The Labute approximate surface area is 190 Å². The van der Waals surface area contributed by atoms with Gasteiger partial charge in [-0.3, -0.25) is 15.5 Å². The van der Waals surface area contributed by atoms with E-state index in [1.807, 2.05) is 12.1 Å². The van der Waals surface area contributed by atoms with Crippen LogP contribution in [0.15, 0.2) is 71.8 Å². The molecular formula is C24H23N3O6. The van der Waals surface area contributed by atoms with Crippen LogP contribution in [0.1, 0.15) is 28.4 Å². The number of nitro benzene ring substituents is 1. The Morgan fingerprint density at radius 2 is 1.85 bits per heavy atom. The topological polar surface area (TPSA) is 112 Å². The molecule has 0 radical (unpaired) electrons. The zero-order chi connectivity index (χ0) is 23.6. The second-order valence-corrected chi connectivity index (χ2v) is 6.75.